The van der Waals surface area contributed by atoms with Gasteiger partial charge >= 0.3 is 5.97 Å². The zero-order valence-electron chi connectivity index (χ0n) is 10.4. The van der Waals surface area contributed by atoms with Crippen LogP contribution in [0.15, 0.2) is 57.7 Å². The van der Waals surface area contributed by atoms with Crippen molar-refractivity contribution >= 4 is 16.9 Å². The molecule has 0 aliphatic carbocycles. The van der Waals surface area contributed by atoms with Gasteiger partial charge in [-0.1, -0.05) is 18.2 Å². The van der Waals surface area contributed by atoms with E-state index >= 15 is 0 Å². The summed E-state index contributed by atoms with van der Waals surface area (Å²) >= 11 is 0. The number of benzene rings is 1. The fraction of sp³-hybridized carbons (Fsp3) is 0.0667. The second-order valence-corrected chi connectivity index (χ2v) is 4.39. The molecule has 0 atom stereocenters. The average Bonchev–Trinajstić information content (AvgIpc) is 2.91. The van der Waals surface area contributed by atoms with Crippen molar-refractivity contribution in [3.63, 3.8) is 0 Å². The predicted molar refractivity (Wildman–Crippen MR) is 73.0 cm³/mol. The van der Waals surface area contributed by atoms with Crippen molar-refractivity contribution in [3.8, 4) is 0 Å². The summed E-state index contributed by atoms with van der Waals surface area (Å²) in [6.45, 7) is 0.202. The summed E-state index contributed by atoms with van der Waals surface area (Å²) in [4.78, 5) is 22.8. The van der Waals surface area contributed by atoms with Crippen LogP contribution in [0.2, 0.25) is 0 Å². The molecule has 0 radical (unpaired) electrons. The number of furan rings is 1. The third kappa shape index (κ3) is 2.09. The molecule has 2 aromatic heterocycles. The highest BCUT2D eigenvalue weighted by atomic mass is 16.4. The number of aromatic nitrogens is 1. The van der Waals surface area contributed by atoms with Crippen LogP contribution in [0.3, 0.4) is 0 Å². The van der Waals surface area contributed by atoms with Crippen LogP contribution in [0, 0.1) is 0 Å². The minimum absolute atomic E-state index is 0.131. The number of carboxylic acids is 1. The Morgan fingerprint density at radius 2 is 1.90 bits per heavy atom. The Morgan fingerprint density at radius 3 is 2.65 bits per heavy atom. The zero-order valence-corrected chi connectivity index (χ0v) is 10.4. The molecule has 3 aromatic rings. The molecule has 100 valence electrons. The molecule has 1 aromatic carbocycles. The van der Waals surface area contributed by atoms with E-state index in [9.17, 15) is 9.59 Å². The molecule has 0 spiro atoms. The van der Waals surface area contributed by atoms with Crippen molar-refractivity contribution < 1.29 is 14.3 Å². The normalized spacial score (nSPS) is 10.8. The Bertz CT molecular complexity index is 844. The van der Waals surface area contributed by atoms with Crippen LogP contribution in [0.25, 0.3) is 10.9 Å². The lowest BCUT2D eigenvalue weighted by atomic mass is 10.2. The number of nitrogens with zero attached hydrogens (tertiary/aromatic N) is 1. The van der Waals surface area contributed by atoms with Crippen LogP contribution in [0.1, 0.15) is 16.3 Å². The number of fused-ring (bicyclic) bond motifs is 1. The van der Waals surface area contributed by atoms with Crippen LogP contribution in [-0.2, 0) is 6.54 Å². The van der Waals surface area contributed by atoms with Crippen molar-refractivity contribution in [2.45, 2.75) is 6.54 Å². The lowest BCUT2D eigenvalue weighted by molar-refractivity contribution is 0.0660. The molecule has 0 saturated heterocycles. The van der Waals surface area contributed by atoms with Gasteiger partial charge in [-0.3, -0.25) is 4.79 Å². The Kier molecular flexibility index (Phi) is 2.87. The summed E-state index contributed by atoms with van der Waals surface area (Å²) < 4.78 is 6.75. The minimum atomic E-state index is -1.12. The smallest absolute Gasteiger partial charge is 0.371 e. The maximum Gasteiger partial charge on any atom is 0.371 e. The topological polar surface area (TPSA) is 72.4 Å². The highest BCUT2D eigenvalue weighted by Crippen LogP contribution is 2.14. The van der Waals surface area contributed by atoms with E-state index in [0.717, 1.165) is 10.9 Å². The summed E-state index contributed by atoms with van der Waals surface area (Å²) in [6, 6.07) is 13.7. The number of rotatable bonds is 3. The Labute approximate surface area is 113 Å². The van der Waals surface area contributed by atoms with Crippen molar-refractivity contribution in [2.75, 3.05) is 0 Å². The molecule has 5 nitrogen and oxygen atoms in total. The SMILES string of the molecule is O=C(O)c1ccc(Cn2c(=O)ccc3ccccc32)o1. The molecule has 0 bridgehead atoms. The van der Waals surface area contributed by atoms with Crippen molar-refractivity contribution in [3.05, 3.63) is 70.4 Å². The first kappa shape index (κ1) is 12.2. The van der Waals surface area contributed by atoms with Gasteiger partial charge in [-0.15, -0.1) is 0 Å². The van der Waals surface area contributed by atoms with E-state index in [4.69, 9.17) is 9.52 Å². The fourth-order valence-corrected chi connectivity index (χ4v) is 2.14. The van der Waals surface area contributed by atoms with Gasteiger partial charge in [0.25, 0.3) is 5.56 Å². The first-order valence-electron chi connectivity index (χ1n) is 6.06. The van der Waals surface area contributed by atoms with Crippen molar-refractivity contribution in [2.24, 2.45) is 0 Å². The van der Waals surface area contributed by atoms with Crippen LogP contribution in [0.4, 0.5) is 0 Å². The molecule has 0 aliphatic heterocycles. The average molecular weight is 269 g/mol. The number of carbonyl (C=O) groups is 1. The van der Waals surface area contributed by atoms with Gasteiger partial charge in [-0.25, -0.2) is 4.79 Å². The quantitative estimate of drug-likeness (QED) is 0.792. The van der Waals surface area contributed by atoms with Crippen LogP contribution < -0.4 is 5.56 Å². The highest BCUT2D eigenvalue weighted by Gasteiger charge is 2.10. The molecule has 20 heavy (non-hydrogen) atoms. The summed E-state index contributed by atoms with van der Waals surface area (Å²) in [5.41, 5.74) is 0.630. The molecule has 2 heterocycles. The lowest BCUT2D eigenvalue weighted by Crippen LogP contribution is -2.19. The third-order valence-corrected chi connectivity index (χ3v) is 3.09. The van der Waals surface area contributed by atoms with Gasteiger partial charge in [0.15, 0.2) is 0 Å². The minimum Gasteiger partial charge on any atom is -0.475 e. The summed E-state index contributed by atoms with van der Waals surface area (Å²) in [5, 5.41) is 9.77. The predicted octanol–water partition coefficient (Wildman–Crippen LogP) is 2.34. The monoisotopic (exact) mass is 269 g/mol. The number of hydrogen-bond donors (Lipinski definition) is 1. The number of para-hydroxylation sites is 1. The maximum absolute atomic E-state index is 12.0. The molecular formula is C15H11NO4. The van der Waals surface area contributed by atoms with Gasteiger partial charge in [-0.2, -0.15) is 0 Å². The van der Waals surface area contributed by atoms with E-state index in [1.807, 2.05) is 24.3 Å². The van der Waals surface area contributed by atoms with Gasteiger partial charge in [-0.05, 0) is 29.7 Å². The van der Waals surface area contributed by atoms with Gasteiger partial charge in [0.1, 0.15) is 5.76 Å². The second-order valence-electron chi connectivity index (χ2n) is 4.39. The number of pyridine rings is 1. The summed E-state index contributed by atoms with van der Waals surface area (Å²) in [7, 11) is 0. The van der Waals surface area contributed by atoms with Gasteiger partial charge in [0, 0.05) is 6.07 Å². The van der Waals surface area contributed by atoms with E-state index in [-0.39, 0.29) is 17.9 Å². The van der Waals surface area contributed by atoms with Crippen molar-refractivity contribution in [1.82, 2.24) is 4.57 Å². The summed E-state index contributed by atoms with van der Waals surface area (Å²) in [6.07, 6.45) is 0. The van der Waals surface area contributed by atoms with Gasteiger partial charge in [0.2, 0.25) is 5.76 Å². The maximum atomic E-state index is 12.0. The molecule has 0 unspecified atom stereocenters. The molecule has 0 fully saturated rings. The van der Waals surface area contributed by atoms with E-state index in [1.165, 1.54) is 12.1 Å². The zero-order chi connectivity index (χ0) is 14.1. The third-order valence-electron chi connectivity index (χ3n) is 3.09. The molecule has 3 rings (SSSR count). The second kappa shape index (κ2) is 4.70. The number of carboxylic acid groups (broad SMARTS) is 1. The van der Waals surface area contributed by atoms with E-state index in [2.05, 4.69) is 0 Å². The van der Waals surface area contributed by atoms with Gasteiger partial charge < -0.3 is 14.1 Å². The Hall–Kier alpha value is -2.82. The lowest BCUT2D eigenvalue weighted by Gasteiger charge is -2.08. The molecule has 0 amide bonds. The van der Waals surface area contributed by atoms with Crippen LogP contribution >= 0.6 is 0 Å². The van der Waals surface area contributed by atoms with E-state index < -0.39 is 5.97 Å². The Morgan fingerprint density at radius 1 is 1.10 bits per heavy atom. The highest BCUT2D eigenvalue weighted by molar-refractivity contribution is 5.84. The fourth-order valence-electron chi connectivity index (χ4n) is 2.14. The molecule has 0 saturated carbocycles. The van der Waals surface area contributed by atoms with Gasteiger partial charge in [0.05, 0.1) is 12.1 Å². The van der Waals surface area contributed by atoms with Crippen LogP contribution in [-0.4, -0.2) is 15.6 Å². The molecule has 5 heteroatoms. The first-order chi connectivity index (χ1) is 9.65. The molecule has 1 N–H and O–H groups in total. The van der Waals surface area contributed by atoms with E-state index in [0.29, 0.717) is 5.76 Å². The van der Waals surface area contributed by atoms with Crippen molar-refractivity contribution in [1.29, 1.82) is 0 Å². The summed E-state index contributed by atoms with van der Waals surface area (Å²) in [5.74, 6) is -0.823. The molecular weight excluding hydrogens is 258 g/mol. The molecule has 0 aliphatic rings. The largest absolute Gasteiger partial charge is 0.475 e. The first-order valence-corrected chi connectivity index (χ1v) is 6.06. The number of aromatic carboxylic acids is 1. The number of hydrogen-bond acceptors (Lipinski definition) is 3. The Balaban J connectivity index is 2.07. The standard InChI is InChI=1S/C15H11NO4/c17-14-8-5-10-3-1-2-4-12(10)16(14)9-11-6-7-13(20-11)15(18)19/h1-8H,9H2,(H,18,19). The van der Waals surface area contributed by atoms with Crippen LogP contribution in [0.5, 0.6) is 0 Å². The van der Waals surface area contributed by atoms with E-state index in [1.54, 1.807) is 16.7 Å².